The number of anilines is 1. The summed E-state index contributed by atoms with van der Waals surface area (Å²) in [5.41, 5.74) is 1.81. The van der Waals surface area contributed by atoms with Crippen LogP contribution in [0.15, 0.2) is 48.5 Å². The molecule has 1 heterocycles. The number of nitrogens with one attached hydrogen (secondary N) is 1. The largest absolute Gasteiger partial charge is 0.465 e. The molecule has 1 N–H and O–H groups in total. The van der Waals surface area contributed by atoms with Crippen LogP contribution in [0.3, 0.4) is 0 Å². The van der Waals surface area contributed by atoms with Crippen molar-refractivity contribution < 1.29 is 22.7 Å². The van der Waals surface area contributed by atoms with Crippen LogP contribution in [-0.2, 0) is 20.5 Å². The Morgan fingerprint density at radius 2 is 1.67 bits per heavy atom. The van der Waals surface area contributed by atoms with Gasteiger partial charge in [0.1, 0.15) is 0 Å². The highest BCUT2D eigenvalue weighted by Crippen LogP contribution is 2.16. The van der Waals surface area contributed by atoms with Gasteiger partial charge in [-0.15, -0.1) is 0 Å². The number of esters is 1. The molecular weight excluding hydrogens is 406 g/mol. The van der Waals surface area contributed by atoms with Gasteiger partial charge in [-0.1, -0.05) is 18.2 Å². The van der Waals surface area contributed by atoms with E-state index in [1.165, 1.54) is 17.5 Å². The number of piperazine rings is 1. The van der Waals surface area contributed by atoms with E-state index in [-0.39, 0.29) is 11.7 Å². The SMILES string of the molecule is COC(=O)c1cccc(NC(=O)c2ccc(CS(=O)(=O)N3CCN(C)CC3)cc2)c1. The van der Waals surface area contributed by atoms with Crippen molar-refractivity contribution in [2.45, 2.75) is 5.75 Å². The molecule has 1 aliphatic heterocycles. The summed E-state index contributed by atoms with van der Waals surface area (Å²) >= 11 is 0. The number of likely N-dealkylation sites (N-methyl/N-ethyl adjacent to an activating group) is 1. The molecule has 2 aromatic rings. The smallest absolute Gasteiger partial charge is 0.337 e. The van der Waals surface area contributed by atoms with Crippen LogP contribution in [-0.4, -0.2) is 69.8 Å². The Hall–Kier alpha value is -2.75. The first-order chi connectivity index (χ1) is 14.3. The molecule has 0 spiro atoms. The van der Waals surface area contributed by atoms with Crippen LogP contribution in [0.1, 0.15) is 26.3 Å². The molecule has 3 rings (SSSR count). The molecule has 0 unspecified atom stereocenters. The van der Waals surface area contributed by atoms with E-state index in [4.69, 9.17) is 0 Å². The maximum absolute atomic E-state index is 12.6. The van der Waals surface area contributed by atoms with Crippen LogP contribution >= 0.6 is 0 Å². The van der Waals surface area contributed by atoms with Gasteiger partial charge in [-0.05, 0) is 42.9 Å². The van der Waals surface area contributed by atoms with Gasteiger partial charge in [-0.25, -0.2) is 13.2 Å². The van der Waals surface area contributed by atoms with Gasteiger partial charge in [-0.3, -0.25) is 4.79 Å². The van der Waals surface area contributed by atoms with Gasteiger partial charge in [0, 0.05) is 37.4 Å². The van der Waals surface area contributed by atoms with E-state index in [1.54, 1.807) is 42.5 Å². The number of amides is 1. The Morgan fingerprint density at radius 1 is 1.00 bits per heavy atom. The molecule has 8 nitrogen and oxygen atoms in total. The quantitative estimate of drug-likeness (QED) is 0.701. The fourth-order valence-corrected chi connectivity index (χ4v) is 4.68. The molecule has 2 aromatic carbocycles. The zero-order valence-corrected chi connectivity index (χ0v) is 17.8. The Labute approximate surface area is 176 Å². The molecule has 0 bridgehead atoms. The van der Waals surface area contributed by atoms with E-state index in [9.17, 15) is 18.0 Å². The maximum Gasteiger partial charge on any atom is 0.337 e. The van der Waals surface area contributed by atoms with E-state index in [0.717, 1.165) is 13.1 Å². The zero-order valence-electron chi connectivity index (χ0n) is 17.0. The molecule has 1 aliphatic rings. The Kier molecular flexibility index (Phi) is 6.86. The maximum atomic E-state index is 12.6. The molecule has 0 aromatic heterocycles. The number of carbonyl (C=O) groups excluding carboxylic acids is 2. The number of methoxy groups -OCH3 is 1. The molecule has 0 saturated carbocycles. The minimum Gasteiger partial charge on any atom is -0.465 e. The molecule has 1 saturated heterocycles. The lowest BCUT2D eigenvalue weighted by Crippen LogP contribution is -2.47. The summed E-state index contributed by atoms with van der Waals surface area (Å²) in [5.74, 6) is -0.942. The summed E-state index contributed by atoms with van der Waals surface area (Å²) in [6.45, 7) is 2.42. The molecule has 1 amide bonds. The van der Waals surface area contributed by atoms with E-state index >= 15 is 0 Å². The first-order valence-corrected chi connectivity index (χ1v) is 11.1. The average Bonchev–Trinajstić information content (AvgIpc) is 2.74. The summed E-state index contributed by atoms with van der Waals surface area (Å²) in [6, 6.07) is 12.9. The van der Waals surface area contributed by atoms with Crippen molar-refractivity contribution in [1.29, 1.82) is 0 Å². The molecule has 30 heavy (non-hydrogen) atoms. The number of ether oxygens (including phenoxy) is 1. The van der Waals surface area contributed by atoms with Crippen LogP contribution in [0.4, 0.5) is 5.69 Å². The van der Waals surface area contributed by atoms with E-state index in [2.05, 4.69) is 15.0 Å². The molecular formula is C21H25N3O5S. The molecule has 9 heteroatoms. The minimum absolute atomic E-state index is 0.0974. The second-order valence-electron chi connectivity index (χ2n) is 7.18. The standard InChI is InChI=1S/C21H25N3O5S/c1-23-10-12-24(13-11-23)30(27,28)15-16-6-8-17(9-7-16)20(25)22-19-5-3-4-18(14-19)21(26)29-2/h3-9,14H,10-13,15H2,1-2H3,(H,22,25). The second-order valence-corrected chi connectivity index (χ2v) is 9.15. The van der Waals surface area contributed by atoms with Gasteiger partial charge in [0.25, 0.3) is 5.91 Å². The number of carbonyl (C=O) groups is 2. The van der Waals surface area contributed by atoms with Crippen molar-refractivity contribution >= 4 is 27.6 Å². The number of nitrogens with zero attached hydrogens (tertiary/aromatic N) is 2. The van der Waals surface area contributed by atoms with Crippen molar-refractivity contribution in [3.63, 3.8) is 0 Å². The van der Waals surface area contributed by atoms with Crippen molar-refractivity contribution in [3.05, 3.63) is 65.2 Å². The summed E-state index contributed by atoms with van der Waals surface area (Å²) in [6.07, 6.45) is 0. The van der Waals surface area contributed by atoms with Crippen molar-refractivity contribution in [2.75, 3.05) is 45.7 Å². The van der Waals surface area contributed by atoms with Crippen LogP contribution in [0.25, 0.3) is 0 Å². The number of hydrogen-bond donors (Lipinski definition) is 1. The van der Waals surface area contributed by atoms with Gasteiger partial charge in [0.05, 0.1) is 18.4 Å². The molecule has 0 atom stereocenters. The van der Waals surface area contributed by atoms with Crippen LogP contribution < -0.4 is 5.32 Å². The summed E-state index contributed by atoms with van der Waals surface area (Å²) in [5, 5.41) is 2.72. The third kappa shape index (κ3) is 5.44. The van der Waals surface area contributed by atoms with Crippen LogP contribution in [0.5, 0.6) is 0 Å². The van der Waals surface area contributed by atoms with Gasteiger partial charge < -0.3 is 15.0 Å². The summed E-state index contributed by atoms with van der Waals surface area (Å²) in [4.78, 5) is 26.2. The first kappa shape index (κ1) is 21.9. The van der Waals surface area contributed by atoms with Gasteiger partial charge in [0.2, 0.25) is 10.0 Å². The molecule has 0 aliphatic carbocycles. The topological polar surface area (TPSA) is 96.0 Å². The molecule has 0 radical (unpaired) electrons. The fraction of sp³-hybridized carbons (Fsp3) is 0.333. The Balaban J connectivity index is 1.64. The van der Waals surface area contributed by atoms with Gasteiger partial charge >= 0.3 is 5.97 Å². The molecule has 160 valence electrons. The number of hydrogen-bond acceptors (Lipinski definition) is 6. The summed E-state index contributed by atoms with van der Waals surface area (Å²) in [7, 11) is -0.132. The van der Waals surface area contributed by atoms with Crippen LogP contribution in [0.2, 0.25) is 0 Å². The molecule has 1 fully saturated rings. The number of benzene rings is 2. The Bertz CT molecular complexity index is 1010. The highest BCUT2D eigenvalue weighted by atomic mass is 32.2. The normalized spacial score (nSPS) is 15.5. The van der Waals surface area contributed by atoms with E-state index < -0.39 is 16.0 Å². The minimum atomic E-state index is -3.39. The van der Waals surface area contributed by atoms with Crippen molar-refractivity contribution in [1.82, 2.24) is 9.21 Å². The lowest BCUT2D eigenvalue weighted by atomic mass is 10.1. The highest BCUT2D eigenvalue weighted by Gasteiger charge is 2.25. The zero-order chi connectivity index (χ0) is 21.7. The average molecular weight is 432 g/mol. The van der Waals surface area contributed by atoms with E-state index in [1.807, 2.05) is 7.05 Å². The second kappa shape index (κ2) is 9.38. The third-order valence-corrected chi connectivity index (χ3v) is 6.81. The predicted molar refractivity (Wildman–Crippen MR) is 114 cm³/mol. The van der Waals surface area contributed by atoms with E-state index in [0.29, 0.717) is 35.5 Å². The predicted octanol–water partition coefficient (Wildman–Crippen LogP) is 1.80. The van der Waals surface area contributed by atoms with Crippen molar-refractivity contribution in [3.8, 4) is 0 Å². The monoisotopic (exact) mass is 431 g/mol. The van der Waals surface area contributed by atoms with Crippen LogP contribution in [0, 0.1) is 0 Å². The summed E-state index contributed by atoms with van der Waals surface area (Å²) < 4.78 is 31.4. The van der Waals surface area contributed by atoms with Crippen molar-refractivity contribution in [2.24, 2.45) is 0 Å². The third-order valence-electron chi connectivity index (χ3n) is 4.96. The lowest BCUT2D eigenvalue weighted by Gasteiger charge is -2.31. The Morgan fingerprint density at radius 3 is 2.30 bits per heavy atom. The number of rotatable bonds is 6. The fourth-order valence-electron chi connectivity index (χ4n) is 3.17. The highest BCUT2D eigenvalue weighted by molar-refractivity contribution is 7.88. The first-order valence-electron chi connectivity index (χ1n) is 9.53. The lowest BCUT2D eigenvalue weighted by molar-refractivity contribution is 0.0600. The number of sulfonamides is 1. The van der Waals surface area contributed by atoms with Gasteiger partial charge in [0.15, 0.2) is 0 Å². The van der Waals surface area contributed by atoms with Gasteiger partial charge in [-0.2, -0.15) is 4.31 Å².